The van der Waals surface area contributed by atoms with Gasteiger partial charge in [-0.1, -0.05) is 35.5 Å². The second-order valence-corrected chi connectivity index (χ2v) is 8.46. The van der Waals surface area contributed by atoms with Crippen molar-refractivity contribution in [3.63, 3.8) is 0 Å². The summed E-state index contributed by atoms with van der Waals surface area (Å²) in [5.74, 6) is 0.622. The van der Waals surface area contributed by atoms with Gasteiger partial charge >= 0.3 is 5.69 Å². The van der Waals surface area contributed by atoms with Gasteiger partial charge in [0.2, 0.25) is 0 Å². The number of halogens is 1. The molecule has 0 aliphatic carbocycles. The summed E-state index contributed by atoms with van der Waals surface area (Å²) in [5, 5.41) is 9.63. The number of aryl methyl sites for hydroxylation is 1. The van der Waals surface area contributed by atoms with E-state index in [-0.39, 0.29) is 18.0 Å². The SMILES string of the molecule is Cc1cccc(-n2c(Cc3cc(=O)[nH]c(=O)[nH]3)nnc2SCC(=O)c2ccc(Cl)cc2)c1. The van der Waals surface area contributed by atoms with Crippen LogP contribution >= 0.6 is 23.4 Å². The zero-order valence-electron chi connectivity index (χ0n) is 17.0. The molecule has 0 spiro atoms. The van der Waals surface area contributed by atoms with Crippen molar-refractivity contribution in [2.45, 2.75) is 18.5 Å². The first-order valence-corrected chi connectivity index (χ1v) is 11.0. The van der Waals surface area contributed by atoms with Crippen molar-refractivity contribution < 1.29 is 4.79 Å². The van der Waals surface area contributed by atoms with Crippen molar-refractivity contribution in [1.82, 2.24) is 24.7 Å². The Balaban J connectivity index is 1.66. The van der Waals surface area contributed by atoms with Crippen LogP contribution in [0, 0.1) is 6.92 Å². The van der Waals surface area contributed by atoms with E-state index in [1.807, 2.05) is 35.8 Å². The molecule has 0 aliphatic heterocycles. The van der Waals surface area contributed by atoms with Crippen LogP contribution in [-0.4, -0.2) is 36.3 Å². The van der Waals surface area contributed by atoms with Crippen LogP contribution in [0.3, 0.4) is 0 Å². The lowest BCUT2D eigenvalue weighted by molar-refractivity contribution is 0.102. The Kier molecular flexibility index (Phi) is 6.38. The molecule has 32 heavy (non-hydrogen) atoms. The first kappa shape index (κ1) is 21.8. The van der Waals surface area contributed by atoms with Gasteiger partial charge in [-0.2, -0.15) is 0 Å². The molecule has 8 nitrogen and oxygen atoms in total. The molecule has 0 aliphatic rings. The maximum atomic E-state index is 12.6. The average Bonchev–Trinajstić information content (AvgIpc) is 3.14. The molecule has 2 N–H and O–H groups in total. The van der Waals surface area contributed by atoms with Gasteiger partial charge in [0.15, 0.2) is 10.9 Å². The van der Waals surface area contributed by atoms with E-state index in [0.29, 0.717) is 27.3 Å². The maximum absolute atomic E-state index is 12.6. The molecule has 0 radical (unpaired) electrons. The van der Waals surface area contributed by atoms with Crippen LogP contribution in [0.4, 0.5) is 0 Å². The zero-order chi connectivity index (χ0) is 22.7. The number of thioether (sulfide) groups is 1. The highest BCUT2D eigenvalue weighted by Gasteiger charge is 2.17. The summed E-state index contributed by atoms with van der Waals surface area (Å²) in [6.45, 7) is 1.97. The van der Waals surface area contributed by atoms with E-state index >= 15 is 0 Å². The molecule has 0 unspecified atom stereocenters. The van der Waals surface area contributed by atoms with Gasteiger partial charge in [0.25, 0.3) is 5.56 Å². The lowest BCUT2D eigenvalue weighted by Crippen LogP contribution is -2.23. The molecule has 0 atom stereocenters. The number of ketones is 1. The number of H-pyrrole nitrogens is 2. The third-order valence-electron chi connectivity index (χ3n) is 4.62. The molecule has 2 aromatic heterocycles. The van der Waals surface area contributed by atoms with Gasteiger partial charge in [0.05, 0.1) is 5.75 Å². The Morgan fingerprint density at radius 1 is 1.06 bits per heavy atom. The number of hydrogen-bond donors (Lipinski definition) is 2. The fraction of sp³-hybridized carbons (Fsp3) is 0.136. The first-order chi connectivity index (χ1) is 15.4. The Hall–Kier alpha value is -3.43. The van der Waals surface area contributed by atoms with E-state index in [4.69, 9.17) is 11.6 Å². The third kappa shape index (κ3) is 5.06. The lowest BCUT2D eigenvalue weighted by Gasteiger charge is -2.11. The summed E-state index contributed by atoms with van der Waals surface area (Å²) in [6, 6.07) is 15.8. The number of nitrogens with zero attached hydrogens (tertiary/aromatic N) is 3. The summed E-state index contributed by atoms with van der Waals surface area (Å²) in [6.07, 6.45) is 0.186. The molecule has 0 fully saturated rings. The Bertz CT molecular complexity index is 1360. The molecule has 4 aromatic rings. The number of nitrogens with one attached hydrogen (secondary N) is 2. The molecule has 0 saturated carbocycles. The number of carbonyl (C=O) groups excluding carboxylic acids is 1. The zero-order valence-corrected chi connectivity index (χ0v) is 18.5. The smallest absolute Gasteiger partial charge is 0.311 e. The van der Waals surface area contributed by atoms with E-state index in [2.05, 4.69) is 20.2 Å². The lowest BCUT2D eigenvalue weighted by atomic mass is 10.1. The molecule has 0 amide bonds. The number of benzene rings is 2. The minimum absolute atomic E-state index is 0.0640. The highest BCUT2D eigenvalue weighted by molar-refractivity contribution is 7.99. The van der Waals surface area contributed by atoms with Gasteiger partial charge in [0, 0.05) is 34.5 Å². The van der Waals surface area contributed by atoms with Gasteiger partial charge in [-0.05, 0) is 48.9 Å². The van der Waals surface area contributed by atoms with Crippen molar-refractivity contribution in [2.24, 2.45) is 0 Å². The number of aromatic amines is 2. The van der Waals surface area contributed by atoms with Gasteiger partial charge < -0.3 is 4.98 Å². The van der Waals surface area contributed by atoms with Crippen LogP contribution in [0.5, 0.6) is 0 Å². The van der Waals surface area contributed by atoms with Crippen LogP contribution < -0.4 is 11.2 Å². The molecule has 4 rings (SSSR count). The molecule has 0 saturated heterocycles. The number of aromatic nitrogens is 5. The fourth-order valence-corrected chi connectivity index (χ4v) is 4.16. The van der Waals surface area contributed by atoms with E-state index in [9.17, 15) is 14.4 Å². The molecule has 2 heterocycles. The minimum atomic E-state index is -0.586. The van der Waals surface area contributed by atoms with Gasteiger partial charge in [-0.25, -0.2) is 4.79 Å². The van der Waals surface area contributed by atoms with E-state index in [1.165, 1.54) is 17.8 Å². The largest absolute Gasteiger partial charge is 0.325 e. The summed E-state index contributed by atoms with van der Waals surface area (Å²) in [5.41, 5.74) is 1.75. The van der Waals surface area contributed by atoms with Gasteiger partial charge in [0.1, 0.15) is 5.82 Å². The summed E-state index contributed by atoms with van der Waals surface area (Å²) < 4.78 is 1.83. The van der Waals surface area contributed by atoms with Crippen LogP contribution in [0.15, 0.2) is 69.3 Å². The second-order valence-electron chi connectivity index (χ2n) is 7.08. The topological polar surface area (TPSA) is 114 Å². The fourth-order valence-electron chi connectivity index (χ4n) is 3.17. The molecule has 0 bridgehead atoms. The minimum Gasteiger partial charge on any atom is -0.311 e. The van der Waals surface area contributed by atoms with E-state index in [0.717, 1.165) is 11.3 Å². The average molecular weight is 468 g/mol. The Morgan fingerprint density at radius 3 is 2.56 bits per heavy atom. The Labute approximate surface area is 191 Å². The highest BCUT2D eigenvalue weighted by atomic mass is 35.5. The van der Waals surface area contributed by atoms with Gasteiger partial charge in [-0.3, -0.25) is 19.1 Å². The molecular formula is C22H18ClN5O3S. The molecule has 162 valence electrons. The molecule has 2 aromatic carbocycles. The molecule has 10 heteroatoms. The predicted molar refractivity (Wildman–Crippen MR) is 123 cm³/mol. The van der Waals surface area contributed by atoms with E-state index < -0.39 is 11.2 Å². The summed E-state index contributed by atoms with van der Waals surface area (Å²) >= 11 is 7.16. The summed E-state index contributed by atoms with van der Waals surface area (Å²) in [4.78, 5) is 40.7. The monoisotopic (exact) mass is 467 g/mol. The number of carbonyl (C=O) groups is 1. The number of Topliss-reactive ketones (excluding diaryl/α,β-unsaturated/α-hetero) is 1. The maximum Gasteiger partial charge on any atom is 0.325 e. The summed E-state index contributed by atoms with van der Waals surface area (Å²) in [7, 11) is 0. The standard InChI is InChI=1S/C22H18ClN5O3S/c1-13-3-2-4-17(9-13)28-19(10-16-11-20(30)25-21(31)24-16)26-27-22(28)32-12-18(29)14-5-7-15(23)8-6-14/h2-9,11H,10,12H2,1H3,(H2,24,25,30,31). The predicted octanol–water partition coefficient (Wildman–Crippen LogP) is 3.17. The number of hydrogen-bond acceptors (Lipinski definition) is 6. The van der Waals surface area contributed by atoms with Crippen molar-refractivity contribution in [3.05, 3.63) is 103 Å². The van der Waals surface area contributed by atoms with Crippen LogP contribution in [-0.2, 0) is 6.42 Å². The number of rotatable bonds is 7. The first-order valence-electron chi connectivity index (χ1n) is 9.64. The van der Waals surface area contributed by atoms with Crippen molar-refractivity contribution in [2.75, 3.05) is 5.75 Å². The van der Waals surface area contributed by atoms with Crippen molar-refractivity contribution in [3.8, 4) is 5.69 Å². The normalized spacial score (nSPS) is 10.9. The van der Waals surface area contributed by atoms with Crippen LogP contribution in [0.2, 0.25) is 5.02 Å². The Morgan fingerprint density at radius 2 is 1.84 bits per heavy atom. The van der Waals surface area contributed by atoms with Gasteiger partial charge in [-0.15, -0.1) is 10.2 Å². The van der Waals surface area contributed by atoms with Crippen LogP contribution in [0.1, 0.15) is 27.4 Å². The van der Waals surface area contributed by atoms with Crippen LogP contribution in [0.25, 0.3) is 5.69 Å². The van der Waals surface area contributed by atoms with Crippen molar-refractivity contribution in [1.29, 1.82) is 0 Å². The van der Waals surface area contributed by atoms with E-state index in [1.54, 1.807) is 24.3 Å². The third-order valence-corrected chi connectivity index (χ3v) is 5.80. The highest BCUT2D eigenvalue weighted by Crippen LogP contribution is 2.24. The second kappa shape index (κ2) is 9.37. The van der Waals surface area contributed by atoms with Crippen molar-refractivity contribution >= 4 is 29.1 Å². The molecular weight excluding hydrogens is 450 g/mol. The quantitative estimate of drug-likeness (QED) is 0.319.